The van der Waals surface area contributed by atoms with Crippen LogP contribution in [0.1, 0.15) is 10.4 Å². The van der Waals surface area contributed by atoms with Gasteiger partial charge in [-0.15, -0.1) is 0 Å². The average Bonchev–Trinajstić information content (AvgIpc) is 3.00. The summed E-state index contributed by atoms with van der Waals surface area (Å²) in [5.74, 6) is -0.392. The first kappa shape index (κ1) is 21.2. The van der Waals surface area contributed by atoms with Gasteiger partial charge in [-0.2, -0.15) is 0 Å². The summed E-state index contributed by atoms with van der Waals surface area (Å²) in [6.07, 6.45) is 0. The fourth-order valence-electron chi connectivity index (χ4n) is 3.82. The van der Waals surface area contributed by atoms with Crippen LogP contribution in [0.15, 0.2) is 86.9 Å². The zero-order chi connectivity index (χ0) is 23.2. The third kappa shape index (κ3) is 3.67. The second-order valence-electron chi connectivity index (χ2n) is 7.35. The van der Waals surface area contributed by atoms with Gasteiger partial charge in [-0.05, 0) is 29.3 Å². The molecule has 0 N–H and O–H groups in total. The number of carbonyl (C=O) groups excluding carboxylic acids is 1. The molecule has 0 bridgehead atoms. The number of hydrogen-bond acceptors (Lipinski definition) is 6. The van der Waals surface area contributed by atoms with Crippen molar-refractivity contribution in [1.82, 2.24) is 4.31 Å². The topological polar surface area (TPSA) is 93.9 Å². The van der Waals surface area contributed by atoms with Gasteiger partial charge in [0.2, 0.25) is 0 Å². The maximum atomic E-state index is 12.7. The lowest BCUT2D eigenvalue weighted by atomic mass is 10.0. The monoisotopic (exact) mass is 481 g/mol. The summed E-state index contributed by atoms with van der Waals surface area (Å²) in [5, 5.41) is 0.887. The Morgan fingerprint density at radius 1 is 0.909 bits per heavy atom. The molecule has 0 saturated heterocycles. The Bertz CT molecular complexity index is 1560. The Hall–Kier alpha value is -3.62. The fourth-order valence-corrected chi connectivity index (χ4v) is 5.59. The minimum absolute atomic E-state index is 0.0195. The molecule has 7 nitrogen and oxygen atoms in total. The van der Waals surface area contributed by atoms with E-state index in [1.807, 2.05) is 30.3 Å². The number of halogens is 1. The van der Waals surface area contributed by atoms with Crippen molar-refractivity contribution < 1.29 is 22.4 Å². The Balaban J connectivity index is 1.41. The molecule has 2 heterocycles. The zero-order valence-electron chi connectivity index (χ0n) is 17.0. The molecule has 1 aliphatic rings. The molecule has 3 aromatic carbocycles. The predicted molar refractivity (Wildman–Crippen MR) is 123 cm³/mol. The van der Waals surface area contributed by atoms with E-state index in [1.165, 1.54) is 24.3 Å². The summed E-state index contributed by atoms with van der Waals surface area (Å²) in [7, 11) is -3.93. The van der Waals surface area contributed by atoms with Gasteiger partial charge in [0.25, 0.3) is 15.9 Å². The van der Waals surface area contributed by atoms with Crippen LogP contribution in [0.2, 0.25) is 5.02 Å². The van der Waals surface area contributed by atoms with Gasteiger partial charge in [0.1, 0.15) is 22.8 Å². The molecule has 1 amide bonds. The van der Waals surface area contributed by atoms with Crippen molar-refractivity contribution in [3.63, 3.8) is 0 Å². The van der Waals surface area contributed by atoms with Crippen molar-refractivity contribution >= 4 is 38.5 Å². The third-order valence-corrected chi connectivity index (χ3v) is 7.48. The first-order valence-corrected chi connectivity index (χ1v) is 11.8. The van der Waals surface area contributed by atoms with E-state index in [0.29, 0.717) is 10.9 Å². The van der Waals surface area contributed by atoms with Crippen molar-refractivity contribution in [3.8, 4) is 16.9 Å². The van der Waals surface area contributed by atoms with Gasteiger partial charge in [0, 0.05) is 17.5 Å². The smallest absolute Gasteiger partial charge is 0.336 e. The van der Waals surface area contributed by atoms with Crippen molar-refractivity contribution in [2.45, 2.75) is 4.90 Å². The number of sulfonamides is 1. The lowest BCUT2D eigenvalue weighted by molar-refractivity contribution is 0.0857. The highest BCUT2D eigenvalue weighted by atomic mass is 35.5. The molecule has 166 valence electrons. The van der Waals surface area contributed by atoms with Gasteiger partial charge in [-0.1, -0.05) is 54.1 Å². The van der Waals surface area contributed by atoms with Crippen molar-refractivity contribution in [3.05, 3.63) is 93.8 Å². The van der Waals surface area contributed by atoms with E-state index in [2.05, 4.69) is 0 Å². The number of nitrogens with zero attached hydrogens (tertiary/aromatic N) is 1. The van der Waals surface area contributed by atoms with Crippen LogP contribution in [0.3, 0.4) is 0 Å². The Labute approximate surface area is 193 Å². The lowest BCUT2D eigenvalue weighted by Gasteiger charge is -2.16. The quantitative estimate of drug-likeness (QED) is 0.394. The van der Waals surface area contributed by atoms with Crippen molar-refractivity contribution in [2.75, 3.05) is 13.2 Å². The molecule has 9 heteroatoms. The van der Waals surface area contributed by atoms with Crippen LogP contribution in [0.5, 0.6) is 5.75 Å². The van der Waals surface area contributed by atoms with Gasteiger partial charge in [-0.25, -0.2) is 17.5 Å². The second-order valence-corrected chi connectivity index (χ2v) is 9.59. The Kier molecular flexibility index (Phi) is 5.19. The lowest BCUT2D eigenvalue weighted by Crippen LogP contribution is -2.33. The van der Waals surface area contributed by atoms with Gasteiger partial charge in [0.05, 0.1) is 17.1 Å². The number of carbonyl (C=O) groups is 1. The van der Waals surface area contributed by atoms with Crippen LogP contribution >= 0.6 is 11.6 Å². The molecule has 0 saturated carbocycles. The minimum Gasteiger partial charge on any atom is -0.490 e. The normalized spacial score (nSPS) is 14.5. The number of rotatable bonds is 5. The van der Waals surface area contributed by atoms with Crippen LogP contribution in [0.25, 0.3) is 22.1 Å². The number of benzene rings is 3. The molecule has 4 aromatic rings. The van der Waals surface area contributed by atoms with Crippen molar-refractivity contribution in [2.24, 2.45) is 0 Å². The first-order chi connectivity index (χ1) is 15.9. The summed E-state index contributed by atoms with van der Waals surface area (Å²) in [6.45, 7) is -0.328. The minimum atomic E-state index is -3.93. The number of fused-ring (bicyclic) bond motifs is 2. The predicted octanol–water partition coefficient (Wildman–Crippen LogP) is 4.34. The molecule has 0 atom stereocenters. The average molecular weight is 482 g/mol. The molecule has 1 aliphatic heterocycles. The van der Waals surface area contributed by atoms with E-state index in [4.69, 9.17) is 20.8 Å². The van der Waals surface area contributed by atoms with Crippen molar-refractivity contribution in [1.29, 1.82) is 0 Å². The van der Waals surface area contributed by atoms with E-state index < -0.39 is 21.6 Å². The maximum Gasteiger partial charge on any atom is 0.336 e. The maximum absolute atomic E-state index is 12.7. The molecule has 5 rings (SSSR count). The van der Waals surface area contributed by atoms with Crippen LogP contribution in [0.4, 0.5) is 0 Å². The molecule has 0 unspecified atom stereocenters. The largest absolute Gasteiger partial charge is 0.490 e. The highest BCUT2D eigenvalue weighted by molar-refractivity contribution is 7.90. The highest BCUT2D eigenvalue weighted by Crippen LogP contribution is 2.35. The molecule has 0 fully saturated rings. The SMILES string of the molecule is O=C1c2ccccc2S(=O)(=O)N1CCOc1cc2oc(=O)cc(-c3ccccc3)c2cc1Cl. The molecular formula is C24H16ClNO6S. The number of hydrogen-bond donors (Lipinski definition) is 0. The number of ether oxygens (including phenoxy) is 1. The van der Waals surface area contributed by atoms with E-state index in [1.54, 1.807) is 18.2 Å². The van der Waals surface area contributed by atoms with Crippen LogP contribution < -0.4 is 10.4 Å². The van der Waals surface area contributed by atoms with Gasteiger partial charge in [-0.3, -0.25) is 4.79 Å². The van der Waals surface area contributed by atoms with E-state index in [0.717, 1.165) is 9.87 Å². The van der Waals surface area contributed by atoms with E-state index in [9.17, 15) is 18.0 Å². The molecule has 1 aromatic heterocycles. The molecule has 33 heavy (non-hydrogen) atoms. The molecule has 0 aliphatic carbocycles. The molecule has 0 spiro atoms. The van der Waals surface area contributed by atoms with Gasteiger partial charge in [0.15, 0.2) is 0 Å². The molecule has 0 radical (unpaired) electrons. The Morgan fingerprint density at radius 2 is 1.64 bits per heavy atom. The van der Waals surface area contributed by atoms with Gasteiger partial charge < -0.3 is 9.15 Å². The summed E-state index contributed by atoms with van der Waals surface area (Å²) in [4.78, 5) is 24.6. The Morgan fingerprint density at radius 3 is 2.39 bits per heavy atom. The summed E-state index contributed by atoms with van der Waals surface area (Å²) >= 11 is 6.41. The van der Waals surface area contributed by atoms with Crippen LogP contribution in [-0.4, -0.2) is 31.8 Å². The number of amides is 1. The fraction of sp³-hybridized carbons (Fsp3) is 0.0833. The standard InChI is InChI=1S/C24H16ClNO6S/c25-19-12-18-17(15-6-2-1-3-7-15)13-23(27)32-20(18)14-21(19)31-11-10-26-24(28)16-8-4-5-9-22(16)33(26,29)30/h1-9,12-14H,10-11H2. The highest BCUT2D eigenvalue weighted by Gasteiger charge is 2.40. The third-order valence-electron chi connectivity index (χ3n) is 5.35. The van der Waals surface area contributed by atoms with E-state index >= 15 is 0 Å². The summed E-state index contributed by atoms with van der Waals surface area (Å²) in [6, 6.07) is 19.9. The first-order valence-electron chi connectivity index (χ1n) is 9.98. The van der Waals surface area contributed by atoms with Crippen LogP contribution in [0, 0.1) is 0 Å². The van der Waals surface area contributed by atoms with Crippen LogP contribution in [-0.2, 0) is 10.0 Å². The van der Waals surface area contributed by atoms with Gasteiger partial charge >= 0.3 is 5.63 Å². The summed E-state index contributed by atoms with van der Waals surface area (Å²) in [5.41, 5.74) is 1.38. The summed E-state index contributed by atoms with van der Waals surface area (Å²) < 4.78 is 37.1. The zero-order valence-corrected chi connectivity index (χ0v) is 18.6. The molecular weight excluding hydrogens is 466 g/mol. The van der Waals surface area contributed by atoms with E-state index in [-0.39, 0.29) is 40.0 Å². The second kappa shape index (κ2) is 8.06.